The Bertz CT molecular complexity index is 1070. The molecule has 0 unspecified atom stereocenters. The van der Waals surface area contributed by atoms with Crippen molar-refractivity contribution in [2.45, 2.75) is 24.3 Å². The molecule has 0 radical (unpaired) electrons. The third kappa shape index (κ3) is 4.55. The Balaban J connectivity index is 2.00. The minimum atomic E-state index is -4.25. The number of carbonyl (C=O) groups excluding carboxylic acids is 2. The van der Waals surface area contributed by atoms with Crippen LogP contribution >= 0.6 is 23.2 Å². The molecule has 0 bridgehead atoms. The van der Waals surface area contributed by atoms with Crippen molar-refractivity contribution in [1.82, 2.24) is 9.62 Å². The van der Waals surface area contributed by atoms with Gasteiger partial charge in [0.2, 0.25) is 11.8 Å². The molecule has 0 spiro atoms. The van der Waals surface area contributed by atoms with Crippen molar-refractivity contribution < 1.29 is 22.7 Å². The maximum Gasteiger partial charge on any atom is 0.266 e. The van der Waals surface area contributed by atoms with E-state index in [1.54, 1.807) is 25.1 Å². The summed E-state index contributed by atoms with van der Waals surface area (Å²) in [6.07, 6.45) is 0.136. The van der Waals surface area contributed by atoms with Gasteiger partial charge < -0.3 is 10.1 Å². The number of nitrogens with one attached hydrogen (secondary N) is 1. The van der Waals surface area contributed by atoms with Crippen LogP contribution in [0.15, 0.2) is 47.4 Å². The molecule has 1 aliphatic rings. The van der Waals surface area contributed by atoms with E-state index in [0.717, 1.165) is 0 Å². The van der Waals surface area contributed by atoms with Crippen LogP contribution in [0.1, 0.15) is 12.5 Å². The molecule has 2 aromatic rings. The van der Waals surface area contributed by atoms with Crippen LogP contribution in [0.3, 0.4) is 0 Å². The summed E-state index contributed by atoms with van der Waals surface area (Å²) < 4.78 is 32.2. The van der Waals surface area contributed by atoms with Crippen molar-refractivity contribution >= 4 is 45.0 Å². The van der Waals surface area contributed by atoms with E-state index in [1.807, 2.05) is 0 Å². The summed E-state index contributed by atoms with van der Waals surface area (Å²) in [6, 6.07) is 9.80. The largest absolute Gasteiger partial charge is 0.496 e. The molecule has 0 aliphatic carbocycles. The summed E-state index contributed by atoms with van der Waals surface area (Å²) in [6.45, 7) is 1.06. The zero-order valence-corrected chi connectivity index (χ0v) is 18.6. The van der Waals surface area contributed by atoms with E-state index in [-0.39, 0.29) is 11.3 Å². The van der Waals surface area contributed by atoms with Crippen molar-refractivity contribution in [3.05, 3.63) is 58.1 Å². The molecular weight excluding hydrogens is 451 g/mol. The molecular formula is C20H20Cl2N2O5S. The minimum absolute atomic E-state index is 0.123. The fraction of sp³-hybridized carbons (Fsp3) is 0.300. The average Bonchev–Trinajstić information content (AvgIpc) is 2.79. The first-order chi connectivity index (χ1) is 14.1. The van der Waals surface area contributed by atoms with Gasteiger partial charge in [0.15, 0.2) is 0 Å². The number of methoxy groups -OCH3 is 1. The first-order valence-corrected chi connectivity index (χ1v) is 11.3. The van der Waals surface area contributed by atoms with Crippen LogP contribution in [-0.2, 0) is 26.0 Å². The molecule has 1 saturated heterocycles. The number of hydrogen-bond donors (Lipinski definition) is 1. The molecule has 1 heterocycles. The Kier molecular flexibility index (Phi) is 6.59. The molecule has 2 atom stereocenters. The summed E-state index contributed by atoms with van der Waals surface area (Å²) in [4.78, 5) is 25.5. The van der Waals surface area contributed by atoms with Gasteiger partial charge in [0.1, 0.15) is 12.3 Å². The summed E-state index contributed by atoms with van der Waals surface area (Å²) in [5.74, 6) is -1.57. The molecule has 2 aromatic carbocycles. The van der Waals surface area contributed by atoms with Gasteiger partial charge in [-0.2, -0.15) is 0 Å². The molecule has 10 heteroatoms. The highest BCUT2D eigenvalue weighted by molar-refractivity contribution is 7.89. The van der Waals surface area contributed by atoms with E-state index in [9.17, 15) is 18.0 Å². The van der Waals surface area contributed by atoms with Crippen LogP contribution in [0.5, 0.6) is 5.75 Å². The lowest BCUT2D eigenvalue weighted by Crippen LogP contribution is -2.43. The molecule has 1 N–H and O–H groups in total. The second kappa shape index (κ2) is 8.83. The first-order valence-electron chi connectivity index (χ1n) is 9.07. The van der Waals surface area contributed by atoms with Crippen molar-refractivity contribution in [2.75, 3.05) is 13.7 Å². The molecule has 1 aliphatic heterocycles. The highest BCUT2D eigenvalue weighted by Gasteiger charge is 2.41. The fourth-order valence-electron chi connectivity index (χ4n) is 3.35. The maximum absolute atomic E-state index is 13.3. The number of nitrogens with zero attached hydrogens (tertiary/aromatic N) is 1. The molecule has 0 saturated carbocycles. The second-order valence-electron chi connectivity index (χ2n) is 6.93. The Labute approximate surface area is 185 Å². The number of carbonyl (C=O) groups is 2. The quantitative estimate of drug-likeness (QED) is 0.724. The standard InChI is InChI=1S/C20H20Cl2N2O5S/c1-12-17(10-13-9-15(22)5-8-18(13)29-2)20(26)24(11-19(25)23-12)30(27,28)16-6-3-14(21)4-7-16/h3-9,12,17H,10-11H2,1-2H3,(H,23,25)/t12-,17+/m0/s1. The van der Waals surface area contributed by atoms with Crippen molar-refractivity contribution in [2.24, 2.45) is 5.92 Å². The lowest BCUT2D eigenvalue weighted by atomic mass is 9.92. The zero-order chi connectivity index (χ0) is 22.1. The topological polar surface area (TPSA) is 92.8 Å². The van der Waals surface area contributed by atoms with Gasteiger partial charge in [-0.25, -0.2) is 12.7 Å². The van der Waals surface area contributed by atoms with Gasteiger partial charge in [-0.05, 0) is 61.4 Å². The summed E-state index contributed by atoms with van der Waals surface area (Å²) in [7, 11) is -2.76. The SMILES string of the molecule is COc1ccc(Cl)cc1C[C@H]1C(=O)N(S(=O)(=O)c2ccc(Cl)cc2)CC(=O)N[C@H]1C. The minimum Gasteiger partial charge on any atom is -0.496 e. The van der Waals surface area contributed by atoms with E-state index in [1.165, 1.54) is 31.4 Å². The monoisotopic (exact) mass is 470 g/mol. The lowest BCUT2D eigenvalue weighted by molar-refractivity contribution is -0.131. The van der Waals surface area contributed by atoms with Crippen LogP contribution in [0, 0.1) is 5.92 Å². The van der Waals surface area contributed by atoms with Crippen molar-refractivity contribution in [1.29, 1.82) is 0 Å². The fourth-order valence-corrected chi connectivity index (χ4v) is 5.07. The van der Waals surface area contributed by atoms with E-state index in [0.29, 0.717) is 25.7 Å². The second-order valence-corrected chi connectivity index (χ2v) is 9.66. The van der Waals surface area contributed by atoms with Gasteiger partial charge in [0.25, 0.3) is 10.0 Å². The number of amides is 2. The number of hydrogen-bond acceptors (Lipinski definition) is 5. The number of rotatable bonds is 5. The predicted octanol–water partition coefficient (Wildman–Crippen LogP) is 2.90. The molecule has 3 rings (SSSR count). The van der Waals surface area contributed by atoms with E-state index >= 15 is 0 Å². The summed E-state index contributed by atoms with van der Waals surface area (Å²) >= 11 is 11.9. The van der Waals surface area contributed by atoms with Gasteiger partial charge in [-0.3, -0.25) is 9.59 Å². The highest BCUT2D eigenvalue weighted by Crippen LogP contribution is 2.29. The lowest BCUT2D eigenvalue weighted by Gasteiger charge is -2.25. The van der Waals surface area contributed by atoms with Crippen LogP contribution in [0.2, 0.25) is 10.0 Å². The number of ether oxygens (including phenoxy) is 1. The zero-order valence-electron chi connectivity index (χ0n) is 16.3. The van der Waals surface area contributed by atoms with Crippen LogP contribution < -0.4 is 10.1 Å². The normalized spacial score (nSPS) is 19.9. The van der Waals surface area contributed by atoms with E-state index < -0.39 is 40.3 Å². The Morgan fingerprint density at radius 1 is 1.10 bits per heavy atom. The molecule has 2 amide bonds. The Morgan fingerprint density at radius 3 is 2.37 bits per heavy atom. The third-order valence-corrected chi connectivity index (χ3v) is 7.17. The number of sulfonamides is 1. The first kappa shape index (κ1) is 22.4. The van der Waals surface area contributed by atoms with Crippen molar-refractivity contribution in [3.63, 3.8) is 0 Å². The van der Waals surface area contributed by atoms with Gasteiger partial charge in [0, 0.05) is 16.1 Å². The number of benzene rings is 2. The maximum atomic E-state index is 13.3. The predicted molar refractivity (Wildman–Crippen MR) is 113 cm³/mol. The molecule has 30 heavy (non-hydrogen) atoms. The summed E-state index contributed by atoms with van der Waals surface area (Å²) in [5.41, 5.74) is 0.634. The van der Waals surface area contributed by atoms with Crippen LogP contribution in [0.25, 0.3) is 0 Å². The van der Waals surface area contributed by atoms with Crippen LogP contribution in [0.4, 0.5) is 0 Å². The van der Waals surface area contributed by atoms with E-state index in [4.69, 9.17) is 27.9 Å². The third-order valence-electron chi connectivity index (χ3n) is 4.93. The summed E-state index contributed by atoms with van der Waals surface area (Å²) in [5, 5.41) is 3.50. The smallest absolute Gasteiger partial charge is 0.266 e. The number of halogens is 2. The van der Waals surface area contributed by atoms with Crippen molar-refractivity contribution in [3.8, 4) is 5.75 Å². The van der Waals surface area contributed by atoms with E-state index in [2.05, 4.69) is 5.32 Å². The molecule has 1 fully saturated rings. The molecule has 7 nitrogen and oxygen atoms in total. The Morgan fingerprint density at radius 2 is 1.73 bits per heavy atom. The average molecular weight is 471 g/mol. The molecule has 0 aromatic heterocycles. The van der Waals surface area contributed by atoms with Crippen LogP contribution in [-0.4, -0.2) is 44.2 Å². The van der Waals surface area contributed by atoms with Gasteiger partial charge in [-0.15, -0.1) is 0 Å². The van der Waals surface area contributed by atoms with Gasteiger partial charge in [-0.1, -0.05) is 23.2 Å². The van der Waals surface area contributed by atoms with Gasteiger partial charge >= 0.3 is 0 Å². The highest BCUT2D eigenvalue weighted by atomic mass is 35.5. The Hall–Kier alpha value is -2.29. The van der Waals surface area contributed by atoms with Gasteiger partial charge in [0.05, 0.1) is 17.9 Å². The molecule has 160 valence electrons.